The van der Waals surface area contributed by atoms with Crippen molar-refractivity contribution in [3.05, 3.63) is 26.7 Å². The second-order valence-electron chi connectivity index (χ2n) is 2.88. The minimum absolute atomic E-state index is 0.0185. The van der Waals surface area contributed by atoms with E-state index in [1.807, 2.05) is 6.26 Å². The first kappa shape index (κ1) is 16.0. The lowest BCUT2D eigenvalue weighted by Gasteiger charge is -2.06. The Kier molecular flexibility index (Phi) is 6.17. The number of aromatic nitrogens is 2. The summed E-state index contributed by atoms with van der Waals surface area (Å²) in [7, 11) is 4.50. The SMILES string of the molecule is CSc1nc(Cl)nc2c(F)c(Br)c(Cl)cc12.[B]C. The first-order valence-corrected chi connectivity index (χ1v) is 7.44. The molecule has 1 aromatic heterocycles. The highest BCUT2D eigenvalue weighted by molar-refractivity contribution is 9.10. The van der Waals surface area contributed by atoms with Crippen molar-refractivity contribution < 1.29 is 4.39 Å². The van der Waals surface area contributed by atoms with E-state index >= 15 is 0 Å². The third kappa shape index (κ3) is 3.10. The fourth-order valence-electron chi connectivity index (χ4n) is 1.27. The molecule has 2 nitrogen and oxygen atoms in total. The Morgan fingerprint density at radius 3 is 2.50 bits per heavy atom. The van der Waals surface area contributed by atoms with Crippen LogP contribution >= 0.6 is 50.9 Å². The summed E-state index contributed by atoms with van der Waals surface area (Å²) in [6.45, 7) is 1.50. The van der Waals surface area contributed by atoms with Crippen LogP contribution in [0.4, 0.5) is 4.39 Å². The first-order chi connectivity index (χ1) is 8.54. The second kappa shape index (κ2) is 6.94. The molecule has 0 N–H and O–H groups in total. The number of halogens is 4. The Balaban J connectivity index is 0.000000771. The smallest absolute Gasteiger partial charge is 0.215 e. The molecule has 18 heavy (non-hydrogen) atoms. The fourth-order valence-corrected chi connectivity index (χ4v) is 2.54. The van der Waals surface area contributed by atoms with Crippen molar-refractivity contribution in [2.75, 3.05) is 6.26 Å². The van der Waals surface area contributed by atoms with Crippen LogP contribution in [0, 0.1) is 5.82 Å². The van der Waals surface area contributed by atoms with E-state index in [2.05, 4.69) is 33.7 Å². The quantitative estimate of drug-likeness (QED) is 0.239. The van der Waals surface area contributed by atoms with E-state index in [1.54, 1.807) is 6.07 Å². The lowest BCUT2D eigenvalue weighted by atomic mass is 10.2. The molecule has 0 unspecified atom stereocenters. The summed E-state index contributed by atoms with van der Waals surface area (Å²) < 4.78 is 14.0. The predicted molar refractivity (Wildman–Crippen MR) is 80.6 cm³/mol. The summed E-state index contributed by atoms with van der Waals surface area (Å²) in [6, 6.07) is 1.62. The van der Waals surface area contributed by atoms with Crippen LogP contribution in [0.1, 0.15) is 0 Å². The zero-order valence-corrected chi connectivity index (χ0v) is 13.4. The first-order valence-electron chi connectivity index (χ1n) is 4.67. The van der Waals surface area contributed by atoms with Gasteiger partial charge in [0.15, 0.2) is 5.82 Å². The summed E-state index contributed by atoms with van der Waals surface area (Å²) in [5, 5.41) is 1.46. The molecule has 94 valence electrons. The molecule has 0 aliphatic carbocycles. The van der Waals surface area contributed by atoms with E-state index in [0.29, 0.717) is 10.4 Å². The average molecular weight is 368 g/mol. The number of rotatable bonds is 1. The summed E-state index contributed by atoms with van der Waals surface area (Å²) in [5.41, 5.74) is 0.167. The Morgan fingerprint density at radius 2 is 1.94 bits per heavy atom. The molecular weight excluding hydrogens is 361 g/mol. The van der Waals surface area contributed by atoms with E-state index in [1.165, 1.54) is 18.6 Å². The summed E-state index contributed by atoms with van der Waals surface area (Å²) >= 11 is 16.0. The van der Waals surface area contributed by atoms with Crippen molar-refractivity contribution in [1.82, 2.24) is 9.97 Å². The monoisotopic (exact) mass is 366 g/mol. The zero-order chi connectivity index (χ0) is 13.9. The Bertz CT molecular complexity index is 586. The molecule has 1 heterocycles. The topological polar surface area (TPSA) is 25.8 Å². The van der Waals surface area contributed by atoms with Crippen molar-refractivity contribution in [3.63, 3.8) is 0 Å². The minimum Gasteiger partial charge on any atom is -0.215 e. The van der Waals surface area contributed by atoms with Gasteiger partial charge in [-0.05, 0) is 39.9 Å². The van der Waals surface area contributed by atoms with E-state index in [-0.39, 0.29) is 20.3 Å². The maximum atomic E-state index is 13.9. The van der Waals surface area contributed by atoms with E-state index in [4.69, 9.17) is 23.2 Å². The minimum atomic E-state index is -0.526. The van der Waals surface area contributed by atoms with Crippen LogP contribution in [0.3, 0.4) is 0 Å². The van der Waals surface area contributed by atoms with Gasteiger partial charge in [-0.25, -0.2) is 14.4 Å². The van der Waals surface area contributed by atoms with Gasteiger partial charge in [0.2, 0.25) is 5.28 Å². The van der Waals surface area contributed by atoms with E-state index in [9.17, 15) is 4.39 Å². The lowest BCUT2D eigenvalue weighted by molar-refractivity contribution is 0.629. The highest BCUT2D eigenvalue weighted by Gasteiger charge is 2.15. The number of hydrogen-bond donors (Lipinski definition) is 0. The van der Waals surface area contributed by atoms with Gasteiger partial charge in [-0.3, -0.25) is 0 Å². The average Bonchev–Trinajstić information content (AvgIpc) is 2.39. The van der Waals surface area contributed by atoms with Crippen LogP contribution in [0.5, 0.6) is 0 Å². The number of nitrogens with zero attached hydrogens (tertiary/aromatic N) is 2. The summed E-state index contributed by atoms with van der Waals surface area (Å²) in [6.07, 6.45) is 1.83. The molecule has 0 aliphatic rings. The molecule has 2 rings (SSSR count). The van der Waals surface area contributed by atoms with Gasteiger partial charge >= 0.3 is 0 Å². The van der Waals surface area contributed by atoms with Crippen molar-refractivity contribution in [2.45, 2.75) is 11.8 Å². The molecule has 1 aromatic carbocycles. The van der Waals surface area contributed by atoms with Crippen LogP contribution in [0.15, 0.2) is 15.6 Å². The third-order valence-electron chi connectivity index (χ3n) is 1.96. The molecule has 8 heteroatoms. The molecule has 0 aliphatic heterocycles. The van der Waals surface area contributed by atoms with Gasteiger partial charge in [-0.1, -0.05) is 18.4 Å². The van der Waals surface area contributed by atoms with Crippen molar-refractivity contribution in [1.29, 1.82) is 0 Å². The molecule has 2 radical (unpaired) electrons. The number of hydrogen-bond acceptors (Lipinski definition) is 3. The molecule has 0 saturated heterocycles. The molecule has 0 atom stereocenters. The van der Waals surface area contributed by atoms with E-state index in [0.717, 1.165) is 0 Å². The summed E-state index contributed by atoms with van der Waals surface area (Å²) in [5.74, 6) is -0.526. The van der Waals surface area contributed by atoms with Gasteiger partial charge in [0, 0.05) is 5.39 Å². The molecule has 0 amide bonds. The van der Waals surface area contributed by atoms with Crippen LogP contribution in [-0.2, 0) is 0 Å². The molecular formula is C10H7BBrCl2FN2S. The second-order valence-corrected chi connectivity index (χ2v) is 5.22. The summed E-state index contributed by atoms with van der Waals surface area (Å²) in [4.78, 5) is 7.87. The molecule has 0 bridgehead atoms. The van der Waals surface area contributed by atoms with Gasteiger partial charge in [0.25, 0.3) is 0 Å². The van der Waals surface area contributed by atoms with Gasteiger partial charge in [-0.2, -0.15) is 0 Å². The standard InChI is InChI=1S/C9H4BrCl2FN2S.CH3B/c1-16-8-3-2-4(11)5(10)6(13)7(3)14-9(12)15-8;1-2/h2H,1H3;1H3. The highest BCUT2D eigenvalue weighted by atomic mass is 79.9. The fraction of sp³-hybridized carbons (Fsp3) is 0.200. The Hall–Kier alpha value is -0.0351. The largest absolute Gasteiger partial charge is 0.224 e. The molecule has 0 spiro atoms. The number of fused-ring (bicyclic) bond motifs is 1. The molecule has 0 saturated carbocycles. The zero-order valence-electron chi connectivity index (χ0n) is 9.47. The third-order valence-corrected chi connectivity index (χ3v) is 4.13. The van der Waals surface area contributed by atoms with Crippen molar-refractivity contribution >= 4 is 69.6 Å². The van der Waals surface area contributed by atoms with Crippen LogP contribution in [0.25, 0.3) is 10.9 Å². The van der Waals surface area contributed by atoms with Crippen LogP contribution in [0.2, 0.25) is 17.1 Å². The van der Waals surface area contributed by atoms with Gasteiger partial charge in [0.05, 0.1) is 17.3 Å². The van der Waals surface area contributed by atoms with Crippen LogP contribution < -0.4 is 0 Å². The van der Waals surface area contributed by atoms with Gasteiger partial charge in [-0.15, -0.1) is 11.8 Å². The molecule has 2 aromatic rings. The predicted octanol–water partition coefficient (Wildman–Crippen LogP) is 4.76. The van der Waals surface area contributed by atoms with Gasteiger partial charge in [0.1, 0.15) is 10.5 Å². The lowest BCUT2D eigenvalue weighted by Crippen LogP contribution is -1.93. The van der Waals surface area contributed by atoms with Crippen molar-refractivity contribution in [3.8, 4) is 0 Å². The maximum absolute atomic E-state index is 13.9. The maximum Gasteiger partial charge on any atom is 0.224 e. The highest BCUT2D eigenvalue weighted by Crippen LogP contribution is 2.35. The van der Waals surface area contributed by atoms with E-state index < -0.39 is 5.82 Å². The van der Waals surface area contributed by atoms with Gasteiger partial charge < -0.3 is 0 Å². The Labute approximate surface area is 128 Å². The normalized spacial score (nSPS) is 10.1. The number of benzene rings is 1. The number of thioether (sulfide) groups is 1. The Morgan fingerprint density at radius 1 is 1.33 bits per heavy atom. The molecule has 0 fully saturated rings. The van der Waals surface area contributed by atoms with Crippen molar-refractivity contribution in [2.24, 2.45) is 0 Å². The van der Waals surface area contributed by atoms with Crippen LogP contribution in [-0.4, -0.2) is 24.1 Å².